The predicted octanol–water partition coefficient (Wildman–Crippen LogP) is 1.72. The molecular weight excluding hydrogens is 350 g/mol. The van der Waals surface area contributed by atoms with Gasteiger partial charge in [0.05, 0.1) is 13.0 Å². The van der Waals surface area contributed by atoms with Crippen molar-refractivity contribution in [2.45, 2.75) is 18.4 Å². The molecule has 2 aromatic carbocycles. The minimum atomic E-state index is -0.150. The van der Waals surface area contributed by atoms with Gasteiger partial charge in [0.1, 0.15) is 0 Å². The maximum absolute atomic E-state index is 12.4. The number of rotatable bonds is 5. The summed E-state index contributed by atoms with van der Waals surface area (Å²) < 4.78 is 0. The molecule has 1 fully saturated rings. The summed E-state index contributed by atoms with van der Waals surface area (Å²) >= 11 is 0. The molecule has 3 N–H and O–H groups in total. The highest BCUT2D eigenvalue weighted by atomic mass is 35.5. The first kappa shape index (κ1) is 19.9. The Morgan fingerprint density at radius 3 is 2.27 bits per heavy atom. The summed E-state index contributed by atoms with van der Waals surface area (Å²) in [7, 11) is 0. The van der Waals surface area contributed by atoms with E-state index in [1.807, 2.05) is 60.7 Å². The lowest BCUT2D eigenvalue weighted by Gasteiger charge is -2.17. The quantitative estimate of drug-likeness (QED) is 0.838. The molecular formula is C20H24ClN3O2. The summed E-state index contributed by atoms with van der Waals surface area (Å²) in [6.45, 7) is 1.13. The first-order valence-electron chi connectivity index (χ1n) is 8.52. The highest BCUT2D eigenvalue weighted by Crippen LogP contribution is 2.26. The Balaban J connectivity index is 0.00000243. The number of likely N-dealkylation sites (tertiary alicyclic amines) is 1. The van der Waals surface area contributed by atoms with Crippen LogP contribution in [0.2, 0.25) is 0 Å². The van der Waals surface area contributed by atoms with E-state index >= 15 is 0 Å². The van der Waals surface area contributed by atoms with Crippen LogP contribution in [0.1, 0.15) is 17.0 Å². The van der Waals surface area contributed by atoms with E-state index in [0.29, 0.717) is 13.1 Å². The predicted molar refractivity (Wildman–Crippen MR) is 104 cm³/mol. The minimum absolute atomic E-state index is 0. The Kier molecular flexibility index (Phi) is 7.18. The van der Waals surface area contributed by atoms with Gasteiger partial charge in [-0.15, -0.1) is 12.4 Å². The van der Waals surface area contributed by atoms with Crippen molar-refractivity contribution in [1.82, 2.24) is 10.2 Å². The molecule has 26 heavy (non-hydrogen) atoms. The van der Waals surface area contributed by atoms with E-state index in [-0.39, 0.29) is 49.1 Å². The summed E-state index contributed by atoms with van der Waals surface area (Å²) in [5.74, 6) is -0.0943. The van der Waals surface area contributed by atoms with Crippen molar-refractivity contribution in [3.05, 3.63) is 71.8 Å². The number of nitrogens with two attached hydrogens (primary N) is 1. The second kappa shape index (κ2) is 9.36. The third kappa shape index (κ3) is 5.07. The number of nitrogens with zero attached hydrogens (tertiary/aromatic N) is 1. The molecule has 2 atom stereocenters. The van der Waals surface area contributed by atoms with Crippen LogP contribution in [0, 0.1) is 0 Å². The Bertz CT molecular complexity index is 724. The average Bonchev–Trinajstić information content (AvgIpc) is 3.03. The minimum Gasteiger partial charge on any atom is -0.347 e. The zero-order valence-electron chi connectivity index (χ0n) is 14.5. The molecule has 138 valence electrons. The molecule has 2 aromatic rings. The van der Waals surface area contributed by atoms with Gasteiger partial charge in [-0.3, -0.25) is 9.59 Å². The van der Waals surface area contributed by atoms with Crippen molar-refractivity contribution < 1.29 is 9.59 Å². The van der Waals surface area contributed by atoms with Crippen LogP contribution in [0.3, 0.4) is 0 Å². The van der Waals surface area contributed by atoms with Gasteiger partial charge in [-0.1, -0.05) is 60.7 Å². The summed E-state index contributed by atoms with van der Waals surface area (Å²) in [5, 5.41) is 2.71. The largest absolute Gasteiger partial charge is 0.347 e. The molecule has 1 aliphatic rings. The second-order valence-electron chi connectivity index (χ2n) is 6.42. The second-order valence-corrected chi connectivity index (χ2v) is 6.42. The van der Waals surface area contributed by atoms with E-state index in [1.54, 1.807) is 4.90 Å². The Labute approximate surface area is 160 Å². The molecule has 6 heteroatoms. The highest BCUT2D eigenvalue weighted by Gasteiger charge is 2.33. The molecule has 0 bridgehead atoms. The zero-order valence-corrected chi connectivity index (χ0v) is 15.3. The van der Waals surface area contributed by atoms with Gasteiger partial charge in [0.25, 0.3) is 0 Å². The normalized spacial score (nSPS) is 18.9. The maximum atomic E-state index is 12.4. The van der Waals surface area contributed by atoms with Crippen molar-refractivity contribution >= 4 is 24.2 Å². The number of carbonyl (C=O) groups excluding carboxylic acids is 2. The molecule has 1 aliphatic heterocycles. The zero-order chi connectivity index (χ0) is 17.6. The Morgan fingerprint density at radius 2 is 1.62 bits per heavy atom. The van der Waals surface area contributed by atoms with Gasteiger partial charge in [-0.2, -0.15) is 0 Å². The van der Waals surface area contributed by atoms with Crippen molar-refractivity contribution in [3.8, 4) is 0 Å². The van der Waals surface area contributed by atoms with E-state index < -0.39 is 0 Å². The van der Waals surface area contributed by atoms with Crippen molar-refractivity contribution in [2.75, 3.05) is 19.6 Å². The van der Waals surface area contributed by atoms with Gasteiger partial charge < -0.3 is 16.0 Å². The molecule has 0 spiro atoms. The lowest BCUT2D eigenvalue weighted by molar-refractivity contribution is -0.131. The van der Waals surface area contributed by atoms with Gasteiger partial charge in [-0.05, 0) is 11.1 Å². The van der Waals surface area contributed by atoms with Crippen molar-refractivity contribution in [1.29, 1.82) is 0 Å². The van der Waals surface area contributed by atoms with Crippen LogP contribution < -0.4 is 11.1 Å². The van der Waals surface area contributed by atoms with Crippen LogP contribution in [0.5, 0.6) is 0 Å². The molecule has 0 saturated carbocycles. The highest BCUT2D eigenvalue weighted by molar-refractivity contribution is 5.86. The first-order valence-corrected chi connectivity index (χ1v) is 8.52. The summed E-state index contributed by atoms with van der Waals surface area (Å²) in [6.07, 6.45) is 0.278. The average molecular weight is 374 g/mol. The van der Waals surface area contributed by atoms with Crippen LogP contribution in [0.4, 0.5) is 0 Å². The van der Waals surface area contributed by atoms with Crippen molar-refractivity contribution in [2.24, 2.45) is 5.73 Å². The van der Waals surface area contributed by atoms with Crippen LogP contribution >= 0.6 is 12.4 Å². The molecule has 1 heterocycles. The standard InChI is InChI=1S/C20H23N3O2.ClH/c21-18-14-23(13-17(18)16-9-5-2-6-10-16)20(25)12-22-19(24)11-15-7-3-1-4-8-15;/h1-10,17-18H,11-14,21H2,(H,22,24);1H/t17-,18+;/m0./s1. The van der Waals surface area contributed by atoms with E-state index in [1.165, 1.54) is 0 Å². The van der Waals surface area contributed by atoms with Crippen molar-refractivity contribution in [3.63, 3.8) is 0 Å². The van der Waals surface area contributed by atoms with E-state index in [0.717, 1.165) is 11.1 Å². The molecule has 2 amide bonds. The van der Waals surface area contributed by atoms with Gasteiger partial charge in [0.15, 0.2) is 0 Å². The van der Waals surface area contributed by atoms with Crippen LogP contribution in [0.25, 0.3) is 0 Å². The molecule has 0 unspecified atom stereocenters. The number of nitrogens with one attached hydrogen (secondary N) is 1. The molecule has 0 radical (unpaired) electrons. The number of halogens is 1. The monoisotopic (exact) mass is 373 g/mol. The lowest BCUT2D eigenvalue weighted by atomic mass is 9.95. The lowest BCUT2D eigenvalue weighted by Crippen LogP contribution is -2.40. The fraction of sp³-hybridized carbons (Fsp3) is 0.300. The van der Waals surface area contributed by atoms with Gasteiger partial charge >= 0.3 is 0 Å². The van der Waals surface area contributed by atoms with Gasteiger partial charge in [-0.25, -0.2) is 0 Å². The van der Waals surface area contributed by atoms with Gasteiger partial charge in [0.2, 0.25) is 11.8 Å². The maximum Gasteiger partial charge on any atom is 0.242 e. The Morgan fingerprint density at radius 1 is 1.00 bits per heavy atom. The fourth-order valence-electron chi connectivity index (χ4n) is 3.22. The number of hydrogen-bond acceptors (Lipinski definition) is 3. The van der Waals surface area contributed by atoms with E-state index in [4.69, 9.17) is 5.73 Å². The molecule has 0 aliphatic carbocycles. The van der Waals surface area contributed by atoms with Crippen LogP contribution in [-0.2, 0) is 16.0 Å². The fourth-order valence-corrected chi connectivity index (χ4v) is 3.22. The first-order chi connectivity index (χ1) is 12.1. The smallest absolute Gasteiger partial charge is 0.242 e. The summed E-state index contributed by atoms with van der Waals surface area (Å²) in [6, 6.07) is 19.4. The molecule has 0 aromatic heterocycles. The number of carbonyl (C=O) groups is 2. The molecule has 5 nitrogen and oxygen atoms in total. The summed E-state index contributed by atoms with van der Waals surface area (Å²) in [5.41, 5.74) is 8.30. The third-order valence-electron chi connectivity index (χ3n) is 4.59. The van der Waals surface area contributed by atoms with Gasteiger partial charge in [0, 0.05) is 25.0 Å². The van der Waals surface area contributed by atoms with Crippen LogP contribution in [0.15, 0.2) is 60.7 Å². The number of amides is 2. The molecule has 1 saturated heterocycles. The SMILES string of the molecule is Cl.N[C@@H]1CN(C(=O)CNC(=O)Cc2ccccc2)C[C@H]1c1ccccc1. The Hall–Kier alpha value is -2.37. The summed E-state index contributed by atoms with van der Waals surface area (Å²) in [4.78, 5) is 26.1. The number of benzene rings is 2. The van der Waals surface area contributed by atoms with Crippen LogP contribution in [-0.4, -0.2) is 42.4 Å². The topological polar surface area (TPSA) is 75.4 Å². The number of hydrogen-bond donors (Lipinski definition) is 2. The van der Waals surface area contributed by atoms with E-state index in [9.17, 15) is 9.59 Å². The third-order valence-corrected chi connectivity index (χ3v) is 4.59. The molecule has 3 rings (SSSR count). The van der Waals surface area contributed by atoms with E-state index in [2.05, 4.69) is 5.32 Å².